The third-order valence-corrected chi connectivity index (χ3v) is 3.63. The number of carbonyl (C=O) groups is 1. The van der Waals surface area contributed by atoms with Gasteiger partial charge in [-0.2, -0.15) is 0 Å². The van der Waals surface area contributed by atoms with Crippen LogP contribution in [-0.4, -0.2) is 54.1 Å². The third kappa shape index (κ3) is 5.56. The number of hydrogen-bond donors (Lipinski definition) is 1. The summed E-state index contributed by atoms with van der Waals surface area (Å²) in [5, 5.41) is 10.2. The average molecular weight is 297 g/mol. The first-order valence-electron chi connectivity index (χ1n) is 7.40. The minimum atomic E-state index is -0.521. The van der Waals surface area contributed by atoms with Gasteiger partial charge >= 0.3 is 6.09 Å². The Bertz CT molecular complexity index is 383. The molecule has 3 unspecified atom stereocenters. The van der Waals surface area contributed by atoms with Gasteiger partial charge in [-0.25, -0.2) is 4.79 Å². The first-order valence-corrected chi connectivity index (χ1v) is 7.40. The Labute approximate surface area is 127 Å². The number of likely N-dealkylation sites (tertiary alicyclic amines) is 1. The van der Waals surface area contributed by atoms with Gasteiger partial charge in [0, 0.05) is 32.5 Å². The Hall–Kier alpha value is -1.25. The Balaban J connectivity index is 2.68. The van der Waals surface area contributed by atoms with E-state index in [-0.39, 0.29) is 18.1 Å². The number of piperidine rings is 1. The van der Waals surface area contributed by atoms with Gasteiger partial charge in [-0.3, -0.25) is 0 Å². The van der Waals surface area contributed by atoms with Gasteiger partial charge in [0.1, 0.15) is 5.60 Å². The molecule has 1 saturated heterocycles. The van der Waals surface area contributed by atoms with Crippen molar-refractivity contribution in [1.29, 1.82) is 0 Å². The predicted octanol–water partition coefficient (Wildman–Crippen LogP) is 2.03. The zero-order valence-electron chi connectivity index (χ0n) is 13.5. The maximum atomic E-state index is 12.1. The highest BCUT2D eigenvalue weighted by molar-refractivity contribution is 5.68. The molecule has 5 heteroatoms. The van der Waals surface area contributed by atoms with Gasteiger partial charge in [-0.15, -0.1) is 12.3 Å². The highest BCUT2D eigenvalue weighted by atomic mass is 16.6. The molecule has 1 aliphatic rings. The van der Waals surface area contributed by atoms with Crippen LogP contribution in [0.2, 0.25) is 0 Å². The zero-order valence-corrected chi connectivity index (χ0v) is 13.5. The number of rotatable bonds is 4. The van der Waals surface area contributed by atoms with Crippen molar-refractivity contribution in [2.45, 2.75) is 57.8 Å². The zero-order chi connectivity index (χ0) is 16.0. The van der Waals surface area contributed by atoms with Crippen LogP contribution in [0.3, 0.4) is 0 Å². The highest BCUT2D eigenvalue weighted by Crippen LogP contribution is 2.26. The van der Waals surface area contributed by atoms with Crippen molar-refractivity contribution in [2.24, 2.45) is 5.92 Å². The smallest absolute Gasteiger partial charge is 0.410 e. The molecular formula is C16H27NO4. The molecule has 120 valence electrons. The number of ether oxygens (including phenoxy) is 2. The van der Waals surface area contributed by atoms with Crippen LogP contribution in [0.4, 0.5) is 4.79 Å². The summed E-state index contributed by atoms with van der Waals surface area (Å²) in [4.78, 5) is 13.8. The van der Waals surface area contributed by atoms with Crippen LogP contribution >= 0.6 is 0 Å². The predicted molar refractivity (Wildman–Crippen MR) is 80.8 cm³/mol. The van der Waals surface area contributed by atoms with E-state index >= 15 is 0 Å². The molecule has 21 heavy (non-hydrogen) atoms. The van der Waals surface area contributed by atoms with Crippen molar-refractivity contribution in [1.82, 2.24) is 4.90 Å². The molecule has 5 nitrogen and oxygen atoms in total. The summed E-state index contributed by atoms with van der Waals surface area (Å²) in [7, 11) is 1.61. The van der Waals surface area contributed by atoms with Crippen molar-refractivity contribution < 1.29 is 19.4 Å². The van der Waals surface area contributed by atoms with E-state index in [1.165, 1.54) is 0 Å². The van der Waals surface area contributed by atoms with Crippen molar-refractivity contribution in [3.8, 4) is 12.3 Å². The number of terminal acetylenes is 1. The van der Waals surface area contributed by atoms with Crippen LogP contribution < -0.4 is 0 Å². The summed E-state index contributed by atoms with van der Waals surface area (Å²) in [6, 6.07) is 0. The van der Waals surface area contributed by atoms with E-state index in [0.717, 1.165) is 0 Å². The normalized spacial score (nSPS) is 24.3. The van der Waals surface area contributed by atoms with Crippen LogP contribution in [0.25, 0.3) is 0 Å². The largest absolute Gasteiger partial charge is 0.444 e. The van der Waals surface area contributed by atoms with Gasteiger partial charge in [0.15, 0.2) is 0 Å². The second-order valence-electron chi connectivity index (χ2n) is 6.46. The SMILES string of the molecule is C#CCCC(OC)C1CN(C(=O)OC(C)(C)C)CCC1O. The van der Waals surface area contributed by atoms with Crippen LogP contribution in [0.15, 0.2) is 0 Å². The number of aliphatic hydroxyl groups excluding tert-OH is 1. The molecule has 0 saturated carbocycles. The van der Waals surface area contributed by atoms with E-state index in [2.05, 4.69) is 5.92 Å². The lowest BCUT2D eigenvalue weighted by Crippen LogP contribution is -2.51. The lowest BCUT2D eigenvalue weighted by molar-refractivity contribution is -0.0610. The first kappa shape index (κ1) is 17.8. The van der Waals surface area contributed by atoms with Crippen LogP contribution in [0, 0.1) is 18.3 Å². The van der Waals surface area contributed by atoms with E-state index < -0.39 is 11.7 Å². The van der Waals surface area contributed by atoms with Crippen LogP contribution in [0.5, 0.6) is 0 Å². The molecule has 0 aromatic carbocycles. The van der Waals surface area contributed by atoms with E-state index in [1.807, 2.05) is 20.8 Å². The molecule has 0 spiro atoms. The lowest BCUT2D eigenvalue weighted by atomic mass is 9.87. The molecule has 1 heterocycles. The van der Waals surface area contributed by atoms with Gasteiger partial charge in [0.05, 0.1) is 12.2 Å². The van der Waals surface area contributed by atoms with E-state index in [9.17, 15) is 9.90 Å². The molecule has 1 aliphatic heterocycles. The quantitative estimate of drug-likeness (QED) is 0.807. The second kappa shape index (κ2) is 7.67. The minimum absolute atomic E-state index is 0.135. The molecule has 1 amide bonds. The molecule has 3 atom stereocenters. The summed E-state index contributed by atoms with van der Waals surface area (Å²) in [6.07, 6.45) is 6.11. The highest BCUT2D eigenvalue weighted by Gasteiger charge is 2.36. The molecule has 0 radical (unpaired) electrons. The first-order chi connectivity index (χ1) is 9.78. The lowest BCUT2D eigenvalue weighted by Gasteiger charge is -2.39. The number of methoxy groups -OCH3 is 1. The third-order valence-electron chi connectivity index (χ3n) is 3.63. The van der Waals surface area contributed by atoms with E-state index in [1.54, 1.807) is 12.0 Å². The number of amides is 1. The fourth-order valence-corrected chi connectivity index (χ4v) is 2.56. The fraction of sp³-hybridized carbons (Fsp3) is 0.812. The summed E-state index contributed by atoms with van der Waals surface area (Å²) in [6.45, 7) is 6.45. The summed E-state index contributed by atoms with van der Waals surface area (Å²) in [5.41, 5.74) is -0.521. The van der Waals surface area contributed by atoms with E-state index in [4.69, 9.17) is 15.9 Å². The Morgan fingerprint density at radius 1 is 1.52 bits per heavy atom. The summed E-state index contributed by atoms with van der Waals surface area (Å²) >= 11 is 0. The number of hydrogen-bond acceptors (Lipinski definition) is 4. The summed E-state index contributed by atoms with van der Waals surface area (Å²) < 4.78 is 10.8. The average Bonchev–Trinajstić information content (AvgIpc) is 2.39. The van der Waals surface area contributed by atoms with Crippen LogP contribution in [0.1, 0.15) is 40.0 Å². The Kier molecular flexibility index (Phi) is 6.50. The molecular weight excluding hydrogens is 270 g/mol. The topological polar surface area (TPSA) is 59.0 Å². The second-order valence-corrected chi connectivity index (χ2v) is 6.46. The van der Waals surface area contributed by atoms with Crippen molar-refractivity contribution in [2.75, 3.05) is 20.2 Å². The van der Waals surface area contributed by atoms with Crippen molar-refractivity contribution >= 4 is 6.09 Å². The number of aliphatic hydroxyl groups is 1. The van der Waals surface area contributed by atoms with Gasteiger partial charge in [0.2, 0.25) is 0 Å². The van der Waals surface area contributed by atoms with Crippen molar-refractivity contribution in [3.63, 3.8) is 0 Å². The Morgan fingerprint density at radius 2 is 2.19 bits per heavy atom. The van der Waals surface area contributed by atoms with Gasteiger partial charge in [-0.1, -0.05) is 0 Å². The van der Waals surface area contributed by atoms with Gasteiger partial charge in [0.25, 0.3) is 0 Å². The summed E-state index contributed by atoms with van der Waals surface area (Å²) in [5.74, 6) is 2.45. The van der Waals surface area contributed by atoms with Crippen LogP contribution in [-0.2, 0) is 9.47 Å². The monoisotopic (exact) mass is 297 g/mol. The Morgan fingerprint density at radius 3 is 2.71 bits per heavy atom. The molecule has 1 rings (SSSR count). The molecule has 0 aromatic heterocycles. The standard InChI is InChI=1S/C16H27NO4/c1-6-7-8-14(20-5)12-11-17(10-9-13(12)18)15(19)21-16(2,3)4/h1,12-14,18H,7-11H2,2-5H3. The molecule has 0 aromatic rings. The molecule has 1 fully saturated rings. The molecule has 0 bridgehead atoms. The maximum absolute atomic E-state index is 12.1. The van der Waals surface area contributed by atoms with Gasteiger partial charge in [-0.05, 0) is 33.6 Å². The minimum Gasteiger partial charge on any atom is -0.444 e. The fourth-order valence-electron chi connectivity index (χ4n) is 2.56. The molecule has 1 N–H and O–H groups in total. The number of nitrogens with zero attached hydrogens (tertiary/aromatic N) is 1. The molecule has 0 aliphatic carbocycles. The van der Waals surface area contributed by atoms with Crippen molar-refractivity contribution in [3.05, 3.63) is 0 Å². The van der Waals surface area contributed by atoms with E-state index in [0.29, 0.717) is 32.4 Å². The maximum Gasteiger partial charge on any atom is 0.410 e. The van der Waals surface area contributed by atoms with Gasteiger partial charge < -0.3 is 19.5 Å². The number of carbonyl (C=O) groups excluding carboxylic acids is 1.